The van der Waals surface area contributed by atoms with Gasteiger partial charge in [-0.25, -0.2) is 0 Å². The number of oxime groups is 1. The van der Waals surface area contributed by atoms with Gasteiger partial charge in [0.15, 0.2) is 5.84 Å². The van der Waals surface area contributed by atoms with Crippen LogP contribution in [0.2, 0.25) is 0 Å². The SMILES string of the molecule is NC(=NO)C1CCCN1Cc1ccc(O)cc1. The standard InChI is InChI=1S/C12H17N3O2/c13-12(14-17)11-2-1-7-15(11)8-9-3-5-10(16)6-4-9/h3-6,11,16-17H,1-2,7-8H2,(H2,13,14). The van der Waals surface area contributed by atoms with E-state index in [0.717, 1.165) is 31.5 Å². The van der Waals surface area contributed by atoms with Gasteiger partial charge in [0.1, 0.15) is 5.75 Å². The summed E-state index contributed by atoms with van der Waals surface area (Å²) in [4.78, 5) is 2.18. The number of phenols is 1. The van der Waals surface area contributed by atoms with Crippen LogP contribution in [0.5, 0.6) is 5.75 Å². The maximum absolute atomic E-state index is 9.21. The van der Waals surface area contributed by atoms with Gasteiger partial charge in [-0.3, -0.25) is 4.90 Å². The molecule has 4 N–H and O–H groups in total. The average molecular weight is 235 g/mol. The first-order chi connectivity index (χ1) is 8.20. The van der Waals surface area contributed by atoms with E-state index in [-0.39, 0.29) is 17.6 Å². The zero-order valence-electron chi connectivity index (χ0n) is 9.58. The maximum atomic E-state index is 9.21. The highest BCUT2D eigenvalue weighted by molar-refractivity contribution is 5.85. The predicted octanol–water partition coefficient (Wildman–Crippen LogP) is 1.10. The summed E-state index contributed by atoms with van der Waals surface area (Å²) in [5, 5.41) is 21.0. The minimum Gasteiger partial charge on any atom is -0.508 e. The van der Waals surface area contributed by atoms with Gasteiger partial charge < -0.3 is 16.0 Å². The number of hydrogen-bond acceptors (Lipinski definition) is 4. The van der Waals surface area contributed by atoms with Crippen LogP contribution < -0.4 is 5.73 Å². The molecule has 0 aromatic heterocycles. The Kier molecular flexibility index (Phi) is 3.49. The summed E-state index contributed by atoms with van der Waals surface area (Å²) >= 11 is 0. The van der Waals surface area contributed by atoms with Crippen molar-refractivity contribution in [1.82, 2.24) is 4.90 Å². The predicted molar refractivity (Wildman–Crippen MR) is 64.9 cm³/mol. The molecule has 2 rings (SSSR count). The third-order valence-electron chi connectivity index (χ3n) is 3.14. The van der Waals surface area contributed by atoms with E-state index in [1.54, 1.807) is 12.1 Å². The van der Waals surface area contributed by atoms with Crippen molar-refractivity contribution in [3.8, 4) is 5.75 Å². The van der Waals surface area contributed by atoms with Crippen LogP contribution in [0.1, 0.15) is 18.4 Å². The van der Waals surface area contributed by atoms with Gasteiger partial charge in [0.2, 0.25) is 0 Å². The monoisotopic (exact) mass is 235 g/mol. The molecule has 0 aliphatic carbocycles. The fourth-order valence-corrected chi connectivity index (χ4v) is 2.25. The number of benzene rings is 1. The molecule has 17 heavy (non-hydrogen) atoms. The minimum absolute atomic E-state index is 0.0220. The van der Waals surface area contributed by atoms with E-state index in [2.05, 4.69) is 10.1 Å². The van der Waals surface area contributed by atoms with Crippen LogP contribution in [-0.4, -0.2) is 33.6 Å². The van der Waals surface area contributed by atoms with E-state index < -0.39 is 0 Å². The molecular weight excluding hydrogens is 218 g/mol. The zero-order chi connectivity index (χ0) is 12.3. The Morgan fingerprint density at radius 3 is 2.76 bits per heavy atom. The second kappa shape index (κ2) is 5.05. The lowest BCUT2D eigenvalue weighted by Crippen LogP contribution is -2.40. The molecule has 1 aliphatic rings. The van der Waals surface area contributed by atoms with Gasteiger partial charge in [-0.2, -0.15) is 0 Å². The highest BCUT2D eigenvalue weighted by Crippen LogP contribution is 2.21. The lowest BCUT2D eigenvalue weighted by Gasteiger charge is -2.23. The first kappa shape index (κ1) is 11.7. The van der Waals surface area contributed by atoms with Crippen LogP contribution in [0.15, 0.2) is 29.4 Å². The Hall–Kier alpha value is -1.75. The van der Waals surface area contributed by atoms with Crippen LogP contribution in [0.3, 0.4) is 0 Å². The van der Waals surface area contributed by atoms with Gasteiger partial charge in [0, 0.05) is 6.54 Å². The van der Waals surface area contributed by atoms with Crippen LogP contribution in [0, 0.1) is 0 Å². The lowest BCUT2D eigenvalue weighted by molar-refractivity contribution is 0.275. The molecule has 1 aliphatic heterocycles. The molecule has 92 valence electrons. The van der Waals surface area contributed by atoms with Crippen molar-refractivity contribution in [3.05, 3.63) is 29.8 Å². The fourth-order valence-electron chi connectivity index (χ4n) is 2.25. The summed E-state index contributed by atoms with van der Waals surface area (Å²) in [6.45, 7) is 1.70. The summed E-state index contributed by atoms with van der Waals surface area (Å²) in [5.41, 5.74) is 6.78. The minimum atomic E-state index is 0.0220. The van der Waals surface area contributed by atoms with Crippen molar-refractivity contribution in [1.29, 1.82) is 0 Å². The Morgan fingerprint density at radius 1 is 1.41 bits per heavy atom. The van der Waals surface area contributed by atoms with Crippen molar-refractivity contribution in [2.45, 2.75) is 25.4 Å². The van der Waals surface area contributed by atoms with Crippen LogP contribution in [0.4, 0.5) is 0 Å². The molecule has 1 unspecified atom stereocenters. The molecule has 0 radical (unpaired) electrons. The first-order valence-electron chi connectivity index (χ1n) is 5.70. The number of nitrogens with two attached hydrogens (primary N) is 1. The van der Waals surface area contributed by atoms with Crippen molar-refractivity contribution in [2.75, 3.05) is 6.54 Å². The van der Waals surface area contributed by atoms with Gasteiger partial charge >= 0.3 is 0 Å². The Morgan fingerprint density at radius 2 is 2.12 bits per heavy atom. The smallest absolute Gasteiger partial charge is 0.156 e. The van der Waals surface area contributed by atoms with Gasteiger partial charge in [0.05, 0.1) is 6.04 Å². The van der Waals surface area contributed by atoms with E-state index in [9.17, 15) is 5.11 Å². The largest absolute Gasteiger partial charge is 0.508 e. The van der Waals surface area contributed by atoms with Crippen molar-refractivity contribution in [3.63, 3.8) is 0 Å². The Labute approximate surface area is 100 Å². The summed E-state index contributed by atoms with van der Waals surface area (Å²) in [7, 11) is 0. The summed E-state index contributed by atoms with van der Waals surface area (Å²) < 4.78 is 0. The van der Waals surface area contributed by atoms with Gasteiger partial charge in [-0.15, -0.1) is 0 Å². The molecule has 1 saturated heterocycles. The Bertz CT molecular complexity index is 403. The second-order valence-corrected chi connectivity index (χ2v) is 4.32. The van der Waals surface area contributed by atoms with Crippen molar-refractivity contribution >= 4 is 5.84 Å². The third-order valence-corrected chi connectivity index (χ3v) is 3.14. The number of likely N-dealkylation sites (tertiary alicyclic amines) is 1. The summed E-state index contributed by atoms with van der Waals surface area (Å²) in [5.74, 6) is 0.546. The third kappa shape index (κ3) is 2.68. The van der Waals surface area contributed by atoms with Crippen molar-refractivity contribution in [2.24, 2.45) is 10.9 Å². The number of hydrogen-bond donors (Lipinski definition) is 3. The molecule has 0 amide bonds. The number of phenolic OH excluding ortho intramolecular Hbond substituents is 1. The number of rotatable bonds is 3. The molecule has 1 fully saturated rings. The van der Waals surface area contributed by atoms with Crippen LogP contribution in [0.25, 0.3) is 0 Å². The molecule has 1 atom stereocenters. The first-order valence-corrected chi connectivity index (χ1v) is 5.70. The molecular formula is C12H17N3O2. The van der Waals surface area contributed by atoms with Crippen LogP contribution >= 0.6 is 0 Å². The van der Waals surface area contributed by atoms with E-state index in [1.807, 2.05) is 12.1 Å². The van der Waals surface area contributed by atoms with Gasteiger partial charge in [-0.05, 0) is 37.1 Å². The molecule has 0 bridgehead atoms. The second-order valence-electron chi connectivity index (χ2n) is 4.32. The highest BCUT2D eigenvalue weighted by atomic mass is 16.4. The van der Waals surface area contributed by atoms with Gasteiger partial charge in [-0.1, -0.05) is 17.3 Å². The zero-order valence-corrected chi connectivity index (χ0v) is 9.58. The van der Waals surface area contributed by atoms with E-state index in [4.69, 9.17) is 10.9 Å². The molecule has 0 spiro atoms. The highest BCUT2D eigenvalue weighted by Gasteiger charge is 2.27. The molecule has 1 aromatic rings. The quantitative estimate of drug-likeness (QED) is 0.317. The van der Waals surface area contributed by atoms with Gasteiger partial charge in [0.25, 0.3) is 0 Å². The number of amidine groups is 1. The fraction of sp³-hybridized carbons (Fsp3) is 0.417. The van der Waals surface area contributed by atoms with E-state index in [1.165, 1.54) is 0 Å². The van der Waals surface area contributed by atoms with E-state index >= 15 is 0 Å². The maximum Gasteiger partial charge on any atom is 0.156 e. The molecule has 1 aromatic carbocycles. The number of aromatic hydroxyl groups is 1. The normalized spacial score (nSPS) is 21.9. The van der Waals surface area contributed by atoms with Crippen molar-refractivity contribution < 1.29 is 10.3 Å². The van der Waals surface area contributed by atoms with E-state index in [0.29, 0.717) is 0 Å². The summed E-state index contributed by atoms with van der Waals surface area (Å²) in [6, 6.07) is 7.13. The topological polar surface area (TPSA) is 82.1 Å². The molecule has 0 saturated carbocycles. The molecule has 1 heterocycles. The Balaban J connectivity index is 2.05. The summed E-state index contributed by atoms with van der Waals surface area (Å²) in [6.07, 6.45) is 1.98. The number of nitrogens with zero attached hydrogens (tertiary/aromatic N) is 2. The average Bonchev–Trinajstić information content (AvgIpc) is 2.79. The van der Waals surface area contributed by atoms with Crippen LogP contribution in [-0.2, 0) is 6.54 Å². The molecule has 5 nitrogen and oxygen atoms in total. The lowest BCUT2D eigenvalue weighted by atomic mass is 10.1. The molecule has 5 heteroatoms.